The average Bonchev–Trinajstić information content (AvgIpc) is 2.53. The molecular weight excluding hydrogens is 300 g/mol. The fourth-order valence-corrected chi connectivity index (χ4v) is 2.94. The Balaban J connectivity index is 2.11. The van der Waals surface area contributed by atoms with Crippen LogP contribution in [0.3, 0.4) is 0 Å². The largest absolute Gasteiger partial charge is 0.496 e. The highest BCUT2D eigenvalue weighted by Crippen LogP contribution is 2.32. The molecule has 0 bridgehead atoms. The van der Waals surface area contributed by atoms with Gasteiger partial charge in [0, 0.05) is 30.1 Å². The fourth-order valence-electron chi connectivity index (χ4n) is 2.76. The van der Waals surface area contributed by atoms with Gasteiger partial charge in [0.1, 0.15) is 5.75 Å². The van der Waals surface area contributed by atoms with E-state index in [-0.39, 0.29) is 12.3 Å². The first kappa shape index (κ1) is 16.6. The molecule has 118 valence electrons. The molecule has 1 aromatic carbocycles. The quantitative estimate of drug-likeness (QED) is 0.851. The van der Waals surface area contributed by atoms with Gasteiger partial charge in [0.25, 0.3) is 0 Å². The lowest BCUT2D eigenvalue weighted by Crippen LogP contribution is -2.38. The Bertz CT molecular complexity index is 575. The number of methoxy groups -OCH3 is 1. The molecule has 0 aromatic heterocycles. The number of hydrogen-bond acceptors (Lipinski definition) is 3. The topological polar surface area (TPSA) is 53.3 Å². The molecule has 22 heavy (non-hydrogen) atoms. The van der Waals surface area contributed by atoms with Gasteiger partial charge in [-0.2, -0.15) is 5.26 Å². The number of benzene rings is 1. The fraction of sp³-hybridized carbons (Fsp3) is 0.529. The van der Waals surface area contributed by atoms with Crippen molar-refractivity contribution in [2.24, 2.45) is 5.92 Å². The molecule has 1 amide bonds. The molecule has 1 aromatic rings. The molecule has 1 heterocycles. The maximum absolute atomic E-state index is 12.4. The molecule has 1 unspecified atom stereocenters. The van der Waals surface area contributed by atoms with Gasteiger partial charge in [-0.3, -0.25) is 4.79 Å². The zero-order valence-electron chi connectivity index (χ0n) is 13.0. The molecule has 1 atom stereocenters. The lowest BCUT2D eigenvalue weighted by Gasteiger charge is -2.31. The number of piperidine rings is 1. The summed E-state index contributed by atoms with van der Waals surface area (Å²) in [6.07, 6.45) is 2.23. The highest BCUT2D eigenvalue weighted by atomic mass is 35.5. The standard InChI is InChI=1S/C17H21ClN2O2/c1-12-5-7-20(8-6-12)17(21)9-13(11-19)15-10-14(18)3-4-16(15)22-2/h3-4,10,12-13H,5-9H2,1-2H3. The minimum Gasteiger partial charge on any atom is -0.496 e. The van der Waals surface area contributed by atoms with E-state index in [0.29, 0.717) is 22.3 Å². The van der Waals surface area contributed by atoms with Gasteiger partial charge in [-0.15, -0.1) is 0 Å². The highest BCUT2D eigenvalue weighted by molar-refractivity contribution is 6.30. The molecule has 1 aliphatic rings. The zero-order chi connectivity index (χ0) is 16.1. The molecule has 0 aliphatic carbocycles. The van der Waals surface area contributed by atoms with Gasteiger partial charge in [0.15, 0.2) is 0 Å². The smallest absolute Gasteiger partial charge is 0.224 e. The Morgan fingerprint density at radius 3 is 2.77 bits per heavy atom. The molecule has 0 radical (unpaired) electrons. The van der Waals surface area contributed by atoms with Gasteiger partial charge in [-0.05, 0) is 37.0 Å². The predicted molar refractivity (Wildman–Crippen MR) is 86.0 cm³/mol. The van der Waals surface area contributed by atoms with Crippen LogP contribution in [-0.4, -0.2) is 31.0 Å². The van der Waals surface area contributed by atoms with Gasteiger partial charge in [0.05, 0.1) is 19.1 Å². The lowest BCUT2D eigenvalue weighted by molar-refractivity contribution is -0.132. The maximum Gasteiger partial charge on any atom is 0.224 e. The number of nitriles is 1. The summed E-state index contributed by atoms with van der Waals surface area (Å²) in [7, 11) is 1.55. The Labute approximate surface area is 136 Å². The number of ether oxygens (including phenoxy) is 1. The second-order valence-corrected chi connectivity index (χ2v) is 6.27. The first-order valence-corrected chi connectivity index (χ1v) is 7.93. The van der Waals surface area contributed by atoms with Crippen LogP contribution in [0.2, 0.25) is 5.02 Å². The van der Waals surface area contributed by atoms with Crippen molar-refractivity contribution in [1.82, 2.24) is 4.90 Å². The van der Waals surface area contributed by atoms with E-state index in [1.807, 2.05) is 4.90 Å². The number of rotatable bonds is 4. The van der Waals surface area contributed by atoms with Crippen molar-refractivity contribution < 1.29 is 9.53 Å². The lowest BCUT2D eigenvalue weighted by atomic mass is 9.94. The minimum absolute atomic E-state index is 0.0282. The summed E-state index contributed by atoms with van der Waals surface area (Å²) in [4.78, 5) is 14.3. The molecule has 1 saturated heterocycles. The van der Waals surface area contributed by atoms with Gasteiger partial charge < -0.3 is 9.64 Å². The monoisotopic (exact) mass is 320 g/mol. The SMILES string of the molecule is COc1ccc(Cl)cc1C(C#N)CC(=O)N1CCC(C)CC1. The van der Waals surface area contributed by atoms with Crippen LogP contribution in [0.4, 0.5) is 0 Å². The number of carbonyl (C=O) groups excluding carboxylic acids is 1. The van der Waals surface area contributed by atoms with E-state index in [4.69, 9.17) is 16.3 Å². The number of likely N-dealkylation sites (tertiary alicyclic amines) is 1. The second kappa shape index (κ2) is 7.51. The van der Waals surface area contributed by atoms with Crippen LogP contribution in [0, 0.1) is 17.2 Å². The van der Waals surface area contributed by atoms with Gasteiger partial charge in [-0.1, -0.05) is 18.5 Å². The van der Waals surface area contributed by atoms with E-state index in [1.165, 1.54) is 0 Å². The second-order valence-electron chi connectivity index (χ2n) is 5.84. The van der Waals surface area contributed by atoms with Crippen molar-refractivity contribution in [1.29, 1.82) is 5.26 Å². The van der Waals surface area contributed by atoms with Crippen LogP contribution in [0.1, 0.15) is 37.7 Å². The Kier molecular flexibility index (Phi) is 5.68. The summed E-state index contributed by atoms with van der Waals surface area (Å²) in [5, 5.41) is 10.00. The summed E-state index contributed by atoms with van der Waals surface area (Å²) in [6.45, 7) is 3.77. The average molecular weight is 321 g/mol. The molecule has 0 saturated carbocycles. The van der Waals surface area contributed by atoms with E-state index >= 15 is 0 Å². The number of carbonyl (C=O) groups is 1. The van der Waals surface area contributed by atoms with Crippen molar-refractivity contribution in [2.75, 3.05) is 20.2 Å². The molecule has 0 spiro atoms. The summed E-state index contributed by atoms with van der Waals surface area (Å²) in [5.41, 5.74) is 0.677. The molecule has 4 nitrogen and oxygen atoms in total. The third-order valence-electron chi connectivity index (χ3n) is 4.24. The summed E-state index contributed by atoms with van der Waals surface area (Å²) < 4.78 is 5.29. The Morgan fingerprint density at radius 1 is 1.50 bits per heavy atom. The number of halogens is 1. The van der Waals surface area contributed by atoms with Crippen LogP contribution in [0.15, 0.2) is 18.2 Å². The van der Waals surface area contributed by atoms with Gasteiger partial charge >= 0.3 is 0 Å². The molecule has 1 fully saturated rings. The maximum atomic E-state index is 12.4. The van der Waals surface area contributed by atoms with Gasteiger partial charge in [0.2, 0.25) is 5.91 Å². The van der Waals surface area contributed by atoms with Crippen LogP contribution in [-0.2, 0) is 4.79 Å². The molecular formula is C17H21ClN2O2. The Morgan fingerprint density at radius 2 is 2.18 bits per heavy atom. The predicted octanol–water partition coefficient (Wildman–Crippen LogP) is 3.60. The first-order chi connectivity index (χ1) is 10.5. The van der Waals surface area contributed by atoms with E-state index in [1.54, 1.807) is 25.3 Å². The third-order valence-corrected chi connectivity index (χ3v) is 4.47. The van der Waals surface area contributed by atoms with Crippen LogP contribution in [0.25, 0.3) is 0 Å². The number of nitrogens with zero attached hydrogens (tertiary/aromatic N) is 2. The molecule has 1 aliphatic heterocycles. The summed E-state index contributed by atoms with van der Waals surface area (Å²) in [6, 6.07) is 7.37. The van der Waals surface area contributed by atoms with E-state index in [9.17, 15) is 10.1 Å². The van der Waals surface area contributed by atoms with Crippen molar-refractivity contribution in [3.05, 3.63) is 28.8 Å². The highest BCUT2D eigenvalue weighted by Gasteiger charge is 2.25. The van der Waals surface area contributed by atoms with E-state index in [0.717, 1.165) is 25.9 Å². The molecule has 5 heteroatoms. The zero-order valence-corrected chi connectivity index (χ0v) is 13.8. The number of amides is 1. The van der Waals surface area contributed by atoms with Crippen molar-refractivity contribution >= 4 is 17.5 Å². The van der Waals surface area contributed by atoms with E-state index in [2.05, 4.69) is 13.0 Å². The summed E-state index contributed by atoms with van der Waals surface area (Å²) in [5.74, 6) is 0.751. The molecule has 2 rings (SSSR count). The minimum atomic E-state index is -0.541. The van der Waals surface area contributed by atoms with Crippen molar-refractivity contribution in [3.63, 3.8) is 0 Å². The van der Waals surface area contributed by atoms with E-state index < -0.39 is 5.92 Å². The van der Waals surface area contributed by atoms with Crippen molar-refractivity contribution in [2.45, 2.75) is 32.1 Å². The third kappa shape index (κ3) is 3.92. The van der Waals surface area contributed by atoms with Crippen molar-refractivity contribution in [3.8, 4) is 11.8 Å². The molecule has 0 N–H and O–H groups in total. The Hall–Kier alpha value is -1.73. The van der Waals surface area contributed by atoms with Crippen LogP contribution < -0.4 is 4.74 Å². The first-order valence-electron chi connectivity index (χ1n) is 7.56. The summed E-state index contributed by atoms with van der Waals surface area (Å²) >= 11 is 6.02. The normalized spacial score (nSPS) is 16.9. The van der Waals surface area contributed by atoms with Crippen LogP contribution >= 0.6 is 11.6 Å². The number of hydrogen-bond donors (Lipinski definition) is 0. The van der Waals surface area contributed by atoms with Crippen LogP contribution in [0.5, 0.6) is 5.75 Å². The van der Waals surface area contributed by atoms with Gasteiger partial charge in [-0.25, -0.2) is 0 Å².